The van der Waals surface area contributed by atoms with Crippen molar-refractivity contribution in [1.29, 1.82) is 0 Å². The molecule has 1 nitrogen and oxygen atoms in total. The van der Waals surface area contributed by atoms with Gasteiger partial charge in [-0.1, -0.05) is 42.1 Å². The number of likely N-dealkylation sites (N-methyl/N-ethyl adjacent to an activating group) is 1. The molecule has 1 aliphatic heterocycles. The first-order valence-electron chi connectivity index (χ1n) is 5.44. The smallest absolute Gasteiger partial charge is 0.0550 e. The van der Waals surface area contributed by atoms with Crippen LogP contribution in [-0.2, 0) is 0 Å². The Morgan fingerprint density at radius 2 is 2.12 bits per heavy atom. The Labute approximate surface area is 100 Å². The Hall–Kier alpha value is -1.41. The summed E-state index contributed by atoms with van der Waals surface area (Å²) in [5.74, 6) is 0. The van der Waals surface area contributed by atoms with E-state index < -0.39 is 0 Å². The van der Waals surface area contributed by atoms with Gasteiger partial charge in [0, 0.05) is 16.8 Å². The lowest BCUT2D eigenvalue weighted by Crippen LogP contribution is -2.20. The van der Waals surface area contributed by atoms with Crippen molar-refractivity contribution in [2.75, 3.05) is 11.9 Å². The van der Waals surface area contributed by atoms with E-state index in [4.69, 9.17) is 0 Å². The number of allylic oxidation sites excluding steroid dienone is 4. The van der Waals surface area contributed by atoms with Gasteiger partial charge in [0.2, 0.25) is 0 Å². The lowest BCUT2D eigenvalue weighted by molar-refractivity contribution is 1.08. The van der Waals surface area contributed by atoms with Crippen LogP contribution >= 0.6 is 11.8 Å². The van der Waals surface area contributed by atoms with Crippen molar-refractivity contribution in [3.8, 4) is 0 Å². The highest BCUT2D eigenvalue weighted by atomic mass is 32.2. The number of benzene rings is 1. The van der Waals surface area contributed by atoms with E-state index in [9.17, 15) is 0 Å². The van der Waals surface area contributed by atoms with Crippen molar-refractivity contribution in [2.45, 2.75) is 11.3 Å². The van der Waals surface area contributed by atoms with Crippen LogP contribution in [0, 0.1) is 0 Å². The Bertz CT molecular complexity index is 511. The van der Waals surface area contributed by atoms with E-state index in [0.29, 0.717) is 0 Å². The molecule has 3 rings (SSSR count). The van der Waals surface area contributed by atoms with E-state index >= 15 is 0 Å². The van der Waals surface area contributed by atoms with E-state index in [2.05, 4.69) is 60.5 Å². The molecular weight excluding hydrogens is 214 g/mol. The molecule has 0 unspecified atom stereocenters. The second-order valence-corrected chi connectivity index (χ2v) is 5.00. The fourth-order valence-electron chi connectivity index (χ4n) is 2.04. The molecule has 1 aromatic carbocycles. The third-order valence-electron chi connectivity index (χ3n) is 2.89. The van der Waals surface area contributed by atoms with Crippen molar-refractivity contribution < 1.29 is 0 Å². The maximum Gasteiger partial charge on any atom is 0.0550 e. The van der Waals surface area contributed by atoms with Gasteiger partial charge >= 0.3 is 0 Å². The molecule has 16 heavy (non-hydrogen) atoms. The minimum absolute atomic E-state index is 1.03. The van der Waals surface area contributed by atoms with E-state index in [1.807, 2.05) is 11.8 Å². The molecule has 2 heteroatoms. The molecule has 0 saturated carbocycles. The average Bonchev–Trinajstić information content (AvgIpc) is 2.55. The van der Waals surface area contributed by atoms with Crippen LogP contribution in [0.15, 0.2) is 64.1 Å². The van der Waals surface area contributed by atoms with Gasteiger partial charge in [-0.25, -0.2) is 0 Å². The van der Waals surface area contributed by atoms with Crippen LogP contribution in [0.2, 0.25) is 0 Å². The second kappa shape index (κ2) is 3.87. The van der Waals surface area contributed by atoms with Gasteiger partial charge in [0.15, 0.2) is 0 Å². The van der Waals surface area contributed by atoms with E-state index in [1.54, 1.807) is 0 Å². The molecule has 0 amide bonds. The summed E-state index contributed by atoms with van der Waals surface area (Å²) in [7, 11) is 2.14. The van der Waals surface area contributed by atoms with E-state index in [-0.39, 0.29) is 0 Å². The number of hydrogen-bond donors (Lipinski definition) is 0. The van der Waals surface area contributed by atoms with Crippen molar-refractivity contribution in [1.82, 2.24) is 0 Å². The molecule has 0 fully saturated rings. The minimum Gasteiger partial charge on any atom is -0.343 e. The van der Waals surface area contributed by atoms with Crippen LogP contribution in [0.1, 0.15) is 6.42 Å². The predicted octanol–water partition coefficient (Wildman–Crippen LogP) is 3.96. The molecule has 1 aliphatic carbocycles. The first-order chi connectivity index (χ1) is 7.86. The van der Waals surface area contributed by atoms with Crippen LogP contribution < -0.4 is 4.90 Å². The average molecular weight is 227 g/mol. The SMILES string of the molecule is CN1C2=CC=CCC=C2Sc2ccccc21. The number of anilines is 1. The van der Waals surface area contributed by atoms with Gasteiger partial charge < -0.3 is 4.90 Å². The molecule has 0 atom stereocenters. The maximum atomic E-state index is 2.30. The van der Waals surface area contributed by atoms with E-state index in [0.717, 1.165) is 6.42 Å². The summed E-state index contributed by atoms with van der Waals surface area (Å²) >= 11 is 1.87. The second-order valence-electron chi connectivity index (χ2n) is 3.91. The number of hydrogen-bond acceptors (Lipinski definition) is 2. The summed E-state index contributed by atoms with van der Waals surface area (Å²) < 4.78 is 0. The zero-order chi connectivity index (χ0) is 11.0. The Kier molecular flexibility index (Phi) is 2.37. The molecule has 1 aromatic rings. The predicted molar refractivity (Wildman–Crippen MR) is 70.6 cm³/mol. The van der Waals surface area contributed by atoms with Crippen LogP contribution in [-0.4, -0.2) is 7.05 Å². The van der Waals surface area contributed by atoms with Gasteiger partial charge in [0.05, 0.1) is 11.4 Å². The van der Waals surface area contributed by atoms with Gasteiger partial charge in [-0.2, -0.15) is 0 Å². The van der Waals surface area contributed by atoms with Gasteiger partial charge in [0.1, 0.15) is 0 Å². The number of para-hydroxylation sites is 1. The topological polar surface area (TPSA) is 3.24 Å². The quantitative estimate of drug-likeness (QED) is 0.660. The monoisotopic (exact) mass is 227 g/mol. The molecule has 1 heterocycles. The molecule has 80 valence electrons. The van der Waals surface area contributed by atoms with Crippen LogP contribution in [0.25, 0.3) is 0 Å². The highest BCUT2D eigenvalue weighted by Gasteiger charge is 2.22. The Balaban J connectivity index is 2.15. The summed E-state index contributed by atoms with van der Waals surface area (Å²) in [6.45, 7) is 0. The highest BCUT2D eigenvalue weighted by Crippen LogP contribution is 2.45. The lowest BCUT2D eigenvalue weighted by Gasteiger charge is -2.31. The Morgan fingerprint density at radius 3 is 3.06 bits per heavy atom. The van der Waals surface area contributed by atoms with Gasteiger partial charge in [-0.15, -0.1) is 0 Å². The van der Waals surface area contributed by atoms with Gasteiger partial charge in [-0.05, 0) is 24.6 Å². The minimum atomic E-state index is 1.03. The third-order valence-corrected chi connectivity index (χ3v) is 4.05. The number of rotatable bonds is 0. The first-order valence-corrected chi connectivity index (χ1v) is 6.26. The maximum absolute atomic E-state index is 2.30. The highest BCUT2D eigenvalue weighted by molar-refractivity contribution is 8.03. The first kappa shape index (κ1) is 9.79. The largest absolute Gasteiger partial charge is 0.343 e. The molecular formula is C14H13NS. The molecule has 0 radical (unpaired) electrons. The summed E-state index contributed by atoms with van der Waals surface area (Å²) in [6.07, 6.45) is 9.85. The molecule has 0 aromatic heterocycles. The van der Waals surface area contributed by atoms with E-state index in [1.165, 1.54) is 21.2 Å². The molecule has 0 N–H and O–H groups in total. The zero-order valence-electron chi connectivity index (χ0n) is 9.18. The fourth-order valence-corrected chi connectivity index (χ4v) is 3.22. The van der Waals surface area contributed by atoms with Crippen molar-refractivity contribution in [3.63, 3.8) is 0 Å². The number of nitrogens with zero attached hydrogens (tertiary/aromatic N) is 1. The summed E-state index contributed by atoms with van der Waals surface area (Å²) in [6, 6.07) is 8.56. The standard InChI is InChI=1S/C14H13NS/c1-15-11-7-3-2-4-9-13(11)16-14-10-6-5-8-12(14)15/h2-3,5-10H,4H2,1H3. The molecule has 2 aliphatic rings. The molecule has 0 bridgehead atoms. The zero-order valence-corrected chi connectivity index (χ0v) is 10.00. The van der Waals surface area contributed by atoms with Crippen molar-refractivity contribution >= 4 is 17.4 Å². The molecule has 0 spiro atoms. The number of fused-ring (bicyclic) bond motifs is 2. The Morgan fingerprint density at radius 1 is 1.25 bits per heavy atom. The van der Waals surface area contributed by atoms with Crippen molar-refractivity contribution in [3.05, 3.63) is 59.2 Å². The summed E-state index contributed by atoms with van der Waals surface area (Å²) in [4.78, 5) is 4.98. The van der Waals surface area contributed by atoms with Crippen LogP contribution in [0.4, 0.5) is 5.69 Å². The van der Waals surface area contributed by atoms with Crippen LogP contribution in [0.5, 0.6) is 0 Å². The summed E-state index contributed by atoms with van der Waals surface area (Å²) in [5.41, 5.74) is 2.60. The molecule has 0 saturated heterocycles. The third kappa shape index (κ3) is 1.50. The normalized spacial score (nSPS) is 18.2. The van der Waals surface area contributed by atoms with Crippen LogP contribution in [0.3, 0.4) is 0 Å². The van der Waals surface area contributed by atoms with Gasteiger partial charge in [0.25, 0.3) is 0 Å². The van der Waals surface area contributed by atoms with Crippen molar-refractivity contribution in [2.24, 2.45) is 0 Å². The lowest BCUT2D eigenvalue weighted by atomic mass is 10.2. The summed E-state index contributed by atoms with van der Waals surface area (Å²) in [5, 5.41) is 0. The fraction of sp³-hybridized carbons (Fsp3) is 0.143. The number of thioether (sulfide) groups is 1. The van der Waals surface area contributed by atoms with Gasteiger partial charge in [-0.3, -0.25) is 0 Å².